The summed E-state index contributed by atoms with van der Waals surface area (Å²) in [5, 5.41) is 0. The van der Waals surface area contributed by atoms with Gasteiger partial charge in [-0.05, 0) is 97.0 Å². The summed E-state index contributed by atoms with van der Waals surface area (Å²) in [6, 6.07) is 31.5. The van der Waals surface area contributed by atoms with Crippen molar-refractivity contribution in [3.8, 4) is 17.0 Å². The number of hydrogen-bond donors (Lipinski definition) is 0. The Morgan fingerprint density at radius 2 is 1.54 bits per heavy atom. The number of fused-ring (bicyclic) bond motifs is 2. The first-order chi connectivity index (χ1) is 27.1. The summed E-state index contributed by atoms with van der Waals surface area (Å²) in [5.74, 6) is 0.316. The van der Waals surface area contributed by atoms with Gasteiger partial charge in [-0.3, -0.25) is 14.5 Å². The highest BCUT2D eigenvalue weighted by atomic mass is 16.6. The summed E-state index contributed by atoms with van der Waals surface area (Å²) in [4.78, 5) is 50.7. The molecule has 0 N–H and O–H groups in total. The number of rotatable bonds is 7. The minimum atomic E-state index is -0.417. The Kier molecular flexibility index (Phi) is 10.5. The first-order valence-electron chi connectivity index (χ1n) is 19.5. The number of hydrogen-bond acceptors (Lipinski definition) is 6. The van der Waals surface area contributed by atoms with Crippen LogP contribution in [0.15, 0.2) is 97.1 Å². The lowest BCUT2D eigenvalue weighted by atomic mass is 9.89. The topological polar surface area (TPSA) is 87.6 Å². The molecule has 3 aliphatic heterocycles. The SMILES string of the molecule is Cc1cccc(OC(=O)N2CCc3cc(-c4cc(C(=O)N(C)c5ccccc5)c(C)n4C)c(C(=O)N4Cc5ccccc5C[C@H]4CN4CCOCC4)cc3C2)c1. The minimum absolute atomic E-state index is 0.0491. The number of aromatic nitrogens is 1. The van der Waals surface area contributed by atoms with Gasteiger partial charge >= 0.3 is 6.09 Å². The van der Waals surface area contributed by atoms with E-state index in [2.05, 4.69) is 29.2 Å². The number of aryl methyl sites for hydroxylation is 1. The molecule has 0 aliphatic carbocycles. The summed E-state index contributed by atoms with van der Waals surface area (Å²) >= 11 is 0. The van der Waals surface area contributed by atoms with Gasteiger partial charge in [0.1, 0.15) is 5.75 Å². The first-order valence-corrected chi connectivity index (χ1v) is 19.5. The zero-order valence-electron chi connectivity index (χ0n) is 32.7. The second-order valence-corrected chi connectivity index (χ2v) is 15.3. The molecule has 1 aromatic heterocycles. The average molecular weight is 752 g/mol. The number of carbonyl (C=O) groups is 3. The Morgan fingerprint density at radius 3 is 2.30 bits per heavy atom. The number of amides is 3. The zero-order valence-corrected chi connectivity index (χ0v) is 32.7. The van der Waals surface area contributed by atoms with Crippen LogP contribution in [0.25, 0.3) is 11.3 Å². The predicted octanol–water partition coefficient (Wildman–Crippen LogP) is 7.04. The van der Waals surface area contributed by atoms with E-state index in [0.29, 0.717) is 56.1 Å². The second-order valence-electron chi connectivity index (χ2n) is 15.3. The van der Waals surface area contributed by atoms with E-state index in [1.165, 1.54) is 5.56 Å². The molecule has 0 unspecified atom stereocenters. The van der Waals surface area contributed by atoms with Crippen molar-refractivity contribution in [2.75, 3.05) is 51.3 Å². The van der Waals surface area contributed by atoms with Crippen LogP contribution in [0.4, 0.5) is 10.5 Å². The fourth-order valence-corrected chi connectivity index (χ4v) is 8.35. The largest absolute Gasteiger partial charge is 0.415 e. The average Bonchev–Trinajstić information content (AvgIpc) is 3.52. The van der Waals surface area contributed by atoms with Crippen molar-refractivity contribution in [3.63, 3.8) is 0 Å². The van der Waals surface area contributed by atoms with Crippen LogP contribution >= 0.6 is 0 Å². The van der Waals surface area contributed by atoms with E-state index in [1.807, 2.05) is 97.1 Å². The van der Waals surface area contributed by atoms with Gasteiger partial charge in [0.2, 0.25) is 0 Å². The van der Waals surface area contributed by atoms with Crippen molar-refractivity contribution >= 4 is 23.6 Å². The molecule has 3 aliphatic rings. The predicted molar refractivity (Wildman–Crippen MR) is 217 cm³/mol. The molecule has 3 amide bonds. The van der Waals surface area contributed by atoms with Crippen LogP contribution in [-0.2, 0) is 37.7 Å². The summed E-state index contributed by atoms with van der Waals surface area (Å²) in [6.45, 7) is 8.98. The summed E-state index contributed by atoms with van der Waals surface area (Å²) in [6.07, 6.45) is 0.939. The van der Waals surface area contributed by atoms with E-state index in [4.69, 9.17) is 9.47 Å². The molecule has 4 aromatic carbocycles. The molecular weight excluding hydrogens is 703 g/mol. The lowest BCUT2D eigenvalue weighted by Gasteiger charge is -2.41. The van der Waals surface area contributed by atoms with Crippen LogP contribution in [0.2, 0.25) is 0 Å². The zero-order chi connectivity index (χ0) is 38.9. The lowest BCUT2D eigenvalue weighted by Crippen LogP contribution is -2.52. The molecular formula is C46H49N5O5. The van der Waals surface area contributed by atoms with Crippen LogP contribution in [0.1, 0.15) is 54.2 Å². The maximum absolute atomic E-state index is 15.4. The maximum Gasteiger partial charge on any atom is 0.415 e. The van der Waals surface area contributed by atoms with Gasteiger partial charge in [-0.2, -0.15) is 0 Å². The van der Waals surface area contributed by atoms with Crippen molar-refractivity contribution in [2.45, 2.75) is 45.8 Å². The van der Waals surface area contributed by atoms with E-state index >= 15 is 4.79 Å². The first kappa shape index (κ1) is 37.2. The highest BCUT2D eigenvalue weighted by Crippen LogP contribution is 2.36. The minimum Gasteiger partial charge on any atom is -0.410 e. The maximum atomic E-state index is 15.4. The Hall–Kier alpha value is -5.71. The third kappa shape index (κ3) is 7.46. The standard InChI is InChI=1S/C46H49N5O5/c1-31-11-10-16-39(23-31)56-46(54)50-18-17-34-25-41(43-27-40(32(2)47(43)3)44(52)48(4)37-14-6-5-7-15-37)42(26-36(34)28-50)45(53)51-29-35-13-9-8-12-33(35)24-38(51)30-49-19-21-55-22-20-49/h5-16,23,25-27,38H,17-22,24,28-30H2,1-4H3/t38-/m0/s1. The van der Waals surface area contributed by atoms with E-state index in [0.717, 1.165) is 70.9 Å². The van der Waals surface area contributed by atoms with Crippen LogP contribution < -0.4 is 9.64 Å². The van der Waals surface area contributed by atoms with E-state index in [9.17, 15) is 9.59 Å². The molecule has 0 radical (unpaired) electrons. The molecule has 1 fully saturated rings. The summed E-state index contributed by atoms with van der Waals surface area (Å²) < 4.78 is 13.5. The van der Waals surface area contributed by atoms with Crippen LogP contribution in [-0.4, -0.2) is 89.7 Å². The fraction of sp³-hybridized carbons (Fsp3) is 0.326. The van der Waals surface area contributed by atoms with Gasteiger partial charge in [-0.1, -0.05) is 54.6 Å². The van der Waals surface area contributed by atoms with Crippen LogP contribution in [0, 0.1) is 13.8 Å². The van der Waals surface area contributed by atoms with E-state index < -0.39 is 6.09 Å². The number of carbonyl (C=O) groups excluding carboxylic acids is 3. The molecule has 0 saturated carbocycles. The van der Waals surface area contributed by atoms with Crippen molar-refractivity contribution in [1.82, 2.24) is 19.3 Å². The molecule has 4 heterocycles. The molecule has 1 saturated heterocycles. The van der Waals surface area contributed by atoms with Gasteiger partial charge in [-0.15, -0.1) is 0 Å². The van der Waals surface area contributed by atoms with Crippen LogP contribution in [0.5, 0.6) is 5.75 Å². The third-order valence-corrected chi connectivity index (χ3v) is 11.7. The molecule has 5 aromatic rings. The lowest BCUT2D eigenvalue weighted by molar-refractivity contribution is 0.0193. The van der Waals surface area contributed by atoms with Gasteiger partial charge in [0.05, 0.1) is 18.8 Å². The Labute approximate surface area is 328 Å². The van der Waals surface area contributed by atoms with Gasteiger partial charge in [0, 0.05) is 87.6 Å². The van der Waals surface area contributed by atoms with Crippen molar-refractivity contribution in [3.05, 3.63) is 142 Å². The molecule has 10 heteroatoms. The van der Waals surface area contributed by atoms with Crippen molar-refractivity contribution in [2.24, 2.45) is 7.05 Å². The van der Waals surface area contributed by atoms with Crippen LogP contribution in [0.3, 0.4) is 0 Å². The van der Waals surface area contributed by atoms with Gasteiger partial charge < -0.3 is 28.7 Å². The number of morpholine rings is 1. The number of benzene rings is 4. The molecule has 1 atom stereocenters. The highest BCUT2D eigenvalue weighted by molar-refractivity contribution is 6.08. The smallest absolute Gasteiger partial charge is 0.410 e. The van der Waals surface area contributed by atoms with Gasteiger partial charge in [0.25, 0.3) is 11.8 Å². The molecule has 10 nitrogen and oxygen atoms in total. The second kappa shape index (κ2) is 15.8. The third-order valence-electron chi connectivity index (χ3n) is 11.7. The Bertz CT molecular complexity index is 2280. The summed E-state index contributed by atoms with van der Waals surface area (Å²) in [5.41, 5.74) is 9.72. The molecule has 288 valence electrons. The quantitative estimate of drug-likeness (QED) is 0.177. The molecule has 0 bridgehead atoms. The van der Waals surface area contributed by atoms with Crippen molar-refractivity contribution < 1.29 is 23.9 Å². The van der Waals surface area contributed by atoms with Gasteiger partial charge in [0.15, 0.2) is 0 Å². The highest BCUT2D eigenvalue weighted by Gasteiger charge is 2.35. The number of anilines is 1. The number of para-hydroxylation sites is 1. The molecule has 56 heavy (non-hydrogen) atoms. The van der Waals surface area contributed by atoms with E-state index in [1.54, 1.807) is 22.9 Å². The van der Waals surface area contributed by atoms with Crippen molar-refractivity contribution in [1.29, 1.82) is 0 Å². The van der Waals surface area contributed by atoms with E-state index in [-0.39, 0.29) is 17.9 Å². The summed E-state index contributed by atoms with van der Waals surface area (Å²) in [7, 11) is 3.75. The normalized spacial score (nSPS) is 16.9. The molecule has 0 spiro atoms. The van der Waals surface area contributed by atoms with Gasteiger partial charge in [-0.25, -0.2) is 4.79 Å². The Morgan fingerprint density at radius 1 is 0.786 bits per heavy atom. The Balaban J connectivity index is 1.19. The monoisotopic (exact) mass is 751 g/mol. The molecule has 8 rings (SSSR count). The number of ether oxygens (including phenoxy) is 2. The number of nitrogens with zero attached hydrogens (tertiary/aromatic N) is 5. The fourth-order valence-electron chi connectivity index (χ4n) is 8.35.